The lowest BCUT2D eigenvalue weighted by Crippen LogP contribution is -2.41. The number of carbonyl (C=O) groups is 1. The zero-order chi connectivity index (χ0) is 17.8. The summed E-state index contributed by atoms with van der Waals surface area (Å²) in [6.45, 7) is 1.23. The van der Waals surface area contributed by atoms with E-state index in [1.165, 1.54) is 6.20 Å². The third-order valence-corrected chi connectivity index (χ3v) is 4.47. The summed E-state index contributed by atoms with van der Waals surface area (Å²) in [5, 5.41) is 9.02. The fourth-order valence-corrected chi connectivity index (χ4v) is 3.05. The number of carbonyl (C=O) groups excluding carboxylic acids is 1. The molecule has 0 saturated carbocycles. The molecule has 0 N–H and O–H groups in total. The molecular formula is C19H19N5O2. The summed E-state index contributed by atoms with van der Waals surface area (Å²) >= 11 is 0. The third-order valence-electron chi connectivity index (χ3n) is 4.47. The van der Waals surface area contributed by atoms with Crippen molar-refractivity contribution in [1.82, 2.24) is 24.9 Å². The highest BCUT2D eigenvalue weighted by Crippen LogP contribution is 2.24. The Morgan fingerprint density at radius 3 is 2.58 bits per heavy atom. The van der Waals surface area contributed by atoms with E-state index in [0.29, 0.717) is 18.8 Å². The van der Waals surface area contributed by atoms with Crippen LogP contribution in [0.15, 0.2) is 61.1 Å². The number of nitrogens with zero attached hydrogens (tertiary/aromatic N) is 5. The van der Waals surface area contributed by atoms with Gasteiger partial charge in [0.2, 0.25) is 0 Å². The maximum absolute atomic E-state index is 12.2. The Balaban J connectivity index is 1.35. The third kappa shape index (κ3) is 3.56. The maximum atomic E-state index is 12.2. The molecule has 1 aromatic carbocycles. The molecular weight excluding hydrogens is 330 g/mol. The molecule has 1 fully saturated rings. The molecule has 0 radical (unpaired) electrons. The minimum Gasteiger partial charge on any atom is -0.409 e. The van der Waals surface area contributed by atoms with Crippen LogP contribution >= 0.6 is 0 Å². The largest absolute Gasteiger partial charge is 0.415 e. The topological polar surface area (TPSA) is 73.1 Å². The second-order valence-corrected chi connectivity index (χ2v) is 6.19. The van der Waals surface area contributed by atoms with Crippen LogP contribution in [0.5, 0.6) is 5.75 Å². The molecule has 7 heteroatoms. The summed E-state index contributed by atoms with van der Waals surface area (Å²) in [5.41, 5.74) is 1.92. The maximum Gasteiger partial charge on any atom is 0.415 e. The molecule has 0 bridgehead atoms. The molecule has 1 amide bonds. The van der Waals surface area contributed by atoms with Crippen LogP contribution in [-0.4, -0.2) is 44.1 Å². The van der Waals surface area contributed by atoms with Crippen molar-refractivity contribution >= 4 is 6.09 Å². The monoisotopic (exact) mass is 349 g/mol. The van der Waals surface area contributed by atoms with Crippen molar-refractivity contribution in [2.75, 3.05) is 13.1 Å². The minimum atomic E-state index is -0.338. The van der Waals surface area contributed by atoms with E-state index in [1.807, 2.05) is 30.3 Å². The van der Waals surface area contributed by atoms with Gasteiger partial charge in [-0.1, -0.05) is 30.3 Å². The van der Waals surface area contributed by atoms with Crippen LogP contribution in [0, 0.1) is 0 Å². The first-order valence-electron chi connectivity index (χ1n) is 8.63. The number of piperidine rings is 1. The van der Waals surface area contributed by atoms with E-state index in [-0.39, 0.29) is 12.1 Å². The zero-order valence-corrected chi connectivity index (χ0v) is 14.2. The first-order chi connectivity index (χ1) is 12.8. The fourth-order valence-electron chi connectivity index (χ4n) is 3.05. The molecule has 0 atom stereocenters. The number of aromatic nitrogens is 4. The van der Waals surface area contributed by atoms with Gasteiger partial charge in [0, 0.05) is 24.8 Å². The minimum absolute atomic E-state index is 0.190. The predicted molar refractivity (Wildman–Crippen MR) is 95.6 cm³/mol. The van der Waals surface area contributed by atoms with Gasteiger partial charge < -0.3 is 9.64 Å². The number of likely N-dealkylation sites (tertiary alicyclic amines) is 1. The van der Waals surface area contributed by atoms with E-state index >= 15 is 0 Å². The summed E-state index contributed by atoms with van der Waals surface area (Å²) < 4.78 is 5.34. The van der Waals surface area contributed by atoms with Gasteiger partial charge in [0.1, 0.15) is 5.69 Å². The van der Waals surface area contributed by atoms with E-state index in [1.54, 1.807) is 34.2 Å². The normalized spacial score (nSPS) is 15.0. The lowest BCUT2D eigenvalue weighted by molar-refractivity contribution is 0.127. The van der Waals surface area contributed by atoms with Gasteiger partial charge in [-0.15, -0.1) is 0 Å². The lowest BCUT2D eigenvalue weighted by atomic mass is 10.1. The van der Waals surface area contributed by atoms with E-state index in [2.05, 4.69) is 15.2 Å². The number of hydrogen-bond acceptors (Lipinski definition) is 5. The molecule has 4 rings (SSSR count). The van der Waals surface area contributed by atoms with Crippen LogP contribution in [-0.2, 0) is 0 Å². The van der Waals surface area contributed by atoms with Gasteiger partial charge in [0.25, 0.3) is 0 Å². The summed E-state index contributed by atoms with van der Waals surface area (Å²) in [6.07, 6.45) is 6.22. The van der Waals surface area contributed by atoms with Gasteiger partial charge >= 0.3 is 6.09 Å². The second kappa shape index (κ2) is 7.35. The smallest absolute Gasteiger partial charge is 0.409 e. The Labute approximate surface area is 151 Å². The summed E-state index contributed by atoms with van der Waals surface area (Å²) in [5.74, 6) is 0.459. The van der Waals surface area contributed by atoms with Crippen molar-refractivity contribution in [1.29, 1.82) is 0 Å². The lowest BCUT2D eigenvalue weighted by Gasteiger charge is -2.30. The zero-order valence-electron chi connectivity index (χ0n) is 14.2. The first kappa shape index (κ1) is 16.3. The van der Waals surface area contributed by atoms with Gasteiger partial charge in [0.15, 0.2) is 5.75 Å². The van der Waals surface area contributed by atoms with Crippen molar-refractivity contribution < 1.29 is 9.53 Å². The summed E-state index contributed by atoms with van der Waals surface area (Å²) in [6, 6.07) is 13.6. The van der Waals surface area contributed by atoms with E-state index in [4.69, 9.17) is 4.74 Å². The summed E-state index contributed by atoms with van der Waals surface area (Å²) in [7, 11) is 0. The van der Waals surface area contributed by atoms with Crippen molar-refractivity contribution in [2.45, 2.75) is 18.9 Å². The van der Waals surface area contributed by atoms with Crippen molar-refractivity contribution in [3.05, 3.63) is 61.1 Å². The Kier molecular flexibility index (Phi) is 4.59. The van der Waals surface area contributed by atoms with Gasteiger partial charge in [-0.2, -0.15) is 15.0 Å². The molecule has 7 nitrogen and oxygen atoms in total. The highest BCUT2D eigenvalue weighted by Gasteiger charge is 2.26. The number of hydrogen-bond donors (Lipinski definition) is 0. The number of rotatable bonds is 3. The van der Waals surface area contributed by atoms with Gasteiger partial charge in [-0.25, -0.2) is 4.79 Å². The van der Waals surface area contributed by atoms with Crippen molar-refractivity contribution in [2.24, 2.45) is 0 Å². The molecule has 1 aliphatic heterocycles. The van der Waals surface area contributed by atoms with Crippen LogP contribution in [0.2, 0.25) is 0 Å². The Morgan fingerprint density at radius 1 is 1.04 bits per heavy atom. The standard InChI is InChI=1S/C19H19N5O2/c25-19(26-17-7-4-10-20-13-17)23-11-8-16(9-12-23)24-21-14-18(22-24)15-5-2-1-3-6-15/h1-7,10,13-14,16H,8-9,11-12H2. The van der Waals surface area contributed by atoms with Gasteiger partial charge in [-0.3, -0.25) is 4.98 Å². The Morgan fingerprint density at radius 2 is 1.85 bits per heavy atom. The predicted octanol–water partition coefficient (Wildman–Crippen LogP) is 3.18. The molecule has 26 heavy (non-hydrogen) atoms. The van der Waals surface area contributed by atoms with E-state index < -0.39 is 0 Å². The van der Waals surface area contributed by atoms with Crippen molar-refractivity contribution in [3.63, 3.8) is 0 Å². The van der Waals surface area contributed by atoms with Crippen LogP contribution < -0.4 is 4.74 Å². The van der Waals surface area contributed by atoms with E-state index in [9.17, 15) is 4.79 Å². The molecule has 0 spiro atoms. The average molecular weight is 349 g/mol. The fraction of sp³-hybridized carbons (Fsp3) is 0.263. The number of amides is 1. The van der Waals surface area contributed by atoms with Crippen LogP contribution in [0.3, 0.4) is 0 Å². The number of pyridine rings is 1. The summed E-state index contributed by atoms with van der Waals surface area (Å²) in [4.78, 5) is 19.7. The Hall–Kier alpha value is -3.22. The van der Waals surface area contributed by atoms with Crippen LogP contribution in [0.25, 0.3) is 11.3 Å². The second-order valence-electron chi connectivity index (χ2n) is 6.19. The molecule has 3 heterocycles. The molecule has 0 unspecified atom stereocenters. The first-order valence-corrected chi connectivity index (χ1v) is 8.63. The molecule has 1 aliphatic rings. The van der Waals surface area contributed by atoms with Crippen molar-refractivity contribution in [3.8, 4) is 17.0 Å². The quantitative estimate of drug-likeness (QED) is 0.726. The molecule has 3 aromatic rings. The molecule has 132 valence electrons. The number of benzene rings is 1. The van der Waals surface area contributed by atoms with Gasteiger partial charge in [-0.05, 0) is 25.0 Å². The van der Waals surface area contributed by atoms with Crippen LogP contribution in [0.4, 0.5) is 4.79 Å². The van der Waals surface area contributed by atoms with E-state index in [0.717, 1.165) is 24.1 Å². The SMILES string of the molecule is O=C(Oc1cccnc1)N1CCC(n2ncc(-c3ccccc3)n2)CC1. The molecule has 1 saturated heterocycles. The molecule has 2 aromatic heterocycles. The van der Waals surface area contributed by atoms with Crippen LogP contribution in [0.1, 0.15) is 18.9 Å². The Bertz CT molecular complexity index is 858. The average Bonchev–Trinajstić information content (AvgIpc) is 3.20. The highest BCUT2D eigenvalue weighted by molar-refractivity contribution is 5.70. The van der Waals surface area contributed by atoms with Gasteiger partial charge in [0.05, 0.1) is 18.4 Å². The molecule has 0 aliphatic carbocycles. The number of ether oxygens (including phenoxy) is 1. The highest BCUT2D eigenvalue weighted by atomic mass is 16.6.